The van der Waals surface area contributed by atoms with Gasteiger partial charge in [-0.1, -0.05) is 43.7 Å². The minimum absolute atomic E-state index is 0. The standard InChI is InChI=1S/C14H24NO.ClH/c1-4-5-11-16-13-15(2,3)12-14-9-7-6-8-10-14;/h6-10H,4-5,11-13H2,1-3H3;1H/q+1;/p-1. The molecule has 0 saturated carbocycles. The second-order valence-electron chi connectivity index (χ2n) is 4.97. The summed E-state index contributed by atoms with van der Waals surface area (Å²) in [5, 5.41) is 0. The molecular weight excluding hydrogens is 234 g/mol. The zero-order chi connectivity index (χ0) is 11.9. The third-order valence-electron chi connectivity index (χ3n) is 2.54. The third-order valence-corrected chi connectivity index (χ3v) is 2.54. The molecule has 0 radical (unpaired) electrons. The van der Waals surface area contributed by atoms with Crippen LogP contribution in [0.25, 0.3) is 0 Å². The van der Waals surface area contributed by atoms with Crippen molar-refractivity contribution in [2.75, 3.05) is 27.4 Å². The summed E-state index contributed by atoms with van der Waals surface area (Å²) in [4.78, 5) is 0. The number of quaternary nitrogens is 1. The number of unbranched alkanes of at least 4 members (excludes halogenated alkanes) is 1. The Hall–Kier alpha value is -0.570. The smallest absolute Gasteiger partial charge is 0.182 e. The minimum Gasteiger partial charge on any atom is -1.00 e. The van der Waals surface area contributed by atoms with Crippen LogP contribution in [-0.2, 0) is 11.3 Å². The Morgan fingerprint density at radius 3 is 2.35 bits per heavy atom. The second kappa shape index (κ2) is 8.51. The van der Waals surface area contributed by atoms with E-state index in [1.165, 1.54) is 12.0 Å². The summed E-state index contributed by atoms with van der Waals surface area (Å²) in [5.41, 5.74) is 1.37. The van der Waals surface area contributed by atoms with Gasteiger partial charge in [-0.25, -0.2) is 0 Å². The van der Waals surface area contributed by atoms with E-state index in [1.807, 2.05) is 0 Å². The summed E-state index contributed by atoms with van der Waals surface area (Å²) in [5.74, 6) is 0. The van der Waals surface area contributed by atoms with E-state index in [1.54, 1.807) is 0 Å². The first-order valence-corrected chi connectivity index (χ1v) is 6.08. The van der Waals surface area contributed by atoms with Gasteiger partial charge in [-0.05, 0) is 6.42 Å². The summed E-state index contributed by atoms with van der Waals surface area (Å²) >= 11 is 0. The number of hydrogen-bond acceptors (Lipinski definition) is 1. The highest BCUT2D eigenvalue weighted by atomic mass is 35.5. The van der Waals surface area contributed by atoms with Gasteiger partial charge in [-0.2, -0.15) is 0 Å². The minimum atomic E-state index is 0. The van der Waals surface area contributed by atoms with Crippen molar-refractivity contribution in [2.24, 2.45) is 0 Å². The fraction of sp³-hybridized carbons (Fsp3) is 0.571. The van der Waals surface area contributed by atoms with E-state index in [4.69, 9.17) is 4.74 Å². The number of benzene rings is 1. The van der Waals surface area contributed by atoms with Crippen LogP contribution in [-0.4, -0.2) is 31.9 Å². The molecule has 0 unspecified atom stereocenters. The maximum atomic E-state index is 5.68. The molecule has 0 fully saturated rings. The van der Waals surface area contributed by atoms with E-state index in [0.29, 0.717) is 0 Å². The SMILES string of the molecule is CCCCOC[N+](C)(C)Cc1ccccc1.[Cl-]. The third kappa shape index (κ3) is 7.37. The van der Waals surface area contributed by atoms with Gasteiger partial charge < -0.3 is 21.6 Å². The first-order valence-electron chi connectivity index (χ1n) is 6.08. The molecule has 0 saturated heterocycles. The fourth-order valence-corrected chi connectivity index (χ4v) is 1.68. The van der Waals surface area contributed by atoms with Crippen molar-refractivity contribution in [1.29, 1.82) is 0 Å². The van der Waals surface area contributed by atoms with Gasteiger partial charge in [0.2, 0.25) is 0 Å². The predicted octanol–water partition coefficient (Wildman–Crippen LogP) is 0.0412. The lowest BCUT2D eigenvalue weighted by Gasteiger charge is -2.29. The zero-order valence-electron chi connectivity index (χ0n) is 11.2. The summed E-state index contributed by atoms with van der Waals surface area (Å²) in [7, 11) is 4.41. The van der Waals surface area contributed by atoms with Crippen LogP contribution < -0.4 is 12.4 Å². The van der Waals surface area contributed by atoms with Crippen molar-refractivity contribution in [3.8, 4) is 0 Å². The molecule has 0 aliphatic rings. The predicted molar refractivity (Wildman–Crippen MR) is 68.0 cm³/mol. The number of nitrogens with zero attached hydrogens (tertiary/aromatic N) is 1. The number of halogens is 1. The Bertz CT molecular complexity index is 288. The molecule has 98 valence electrons. The molecular formula is C14H24ClNO. The average Bonchev–Trinajstić information content (AvgIpc) is 2.25. The maximum Gasteiger partial charge on any atom is 0.182 e. The largest absolute Gasteiger partial charge is 1.00 e. The Balaban J connectivity index is 0.00000256. The van der Waals surface area contributed by atoms with Crippen LogP contribution in [0.1, 0.15) is 25.3 Å². The molecule has 1 rings (SSSR count). The van der Waals surface area contributed by atoms with Crippen LogP contribution in [0.2, 0.25) is 0 Å². The molecule has 0 heterocycles. The quantitative estimate of drug-likeness (QED) is 0.381. The monoisotopic (exact) mass is 257 g/mol. The average molecular weight is 258 g/mol. The van der Waals surface area contributed by atoms with Crippen LogP contribution in [0, 0.1) is 0 Å². The van der Waals surface area contributed by atoms with Gasteiger partial charge in [0.1, 0.15) is 6.54 Å². The molecule has 3 heteroatoms. The van der Waals surface area contributed by atoms with Gasteiger partial charge in [0.25, 0.3) is 0 Å². The van der Waals surface area contributed by atoms with Crippen molar-refractivity contribution < 1.29 is 21.6 Å². The molecule has 0 spiro atoms. The van der Waals surface area contributed by atoms with Crippen LogP contribution in [0.3, 0.4) is 0 Å². The summed E-state index contributed by atoms with van der Waals surface area (Å²) in [6.07, 6.45) is 2.36. The van der Waals surface area contributed by atoms with Gasteiger partial charge in [-0.15, -0.1) is 0 Å². The number of rotatable bonds is 7. The highest BCUT2D eigenvalue weighted by Crippen LogP contribution is 2.09. The summed E-state index contributed by atoms with van der Waals surface area (Å²) in [6.45, 7) is 4.88. The molecule has 0 amide bonds. The molecule has 2 nitrogen and oxygen atoms in total. The van der Waals surface area contributed by atoms with E-state index in [-0.39, 0.29) is 12.4 Å². The summed E-state index contributed by atoms with van der Waals surface area (Å²) < 4.78 is 6.57. The highest BCUT2D eigenvalue weighted by Gasteiger charge is 2.15. The van der Waals surface area contributed by atoms with Gasteiger partial charge in [0, 0.05) is 5.56 Å². The van der Waals surface area contributed by atoms with Crippen LogP contribution in [0.4, 0.5) is 0 Å². The van der Waals surface area contributed by atoms with E-state index in [9.17, 15) is 0 Å². The molecule has 0 N–H and O–H groups in total. The Labute approximate surface area is 112 Å². The van der Waals surface area contributed by atoms with Gasteiger partial charge in [0.15, 0.2) is 6.73 Å². The molecule has 1 aromatic carbocycles. The molecule has 1 aromatic rings. The fourth-order valence-electron chi connectivity index (χ4n) is 1.68. The maximum absolute atomic E-state index is 5.68. The molecule has 0 aliphatic carbocycles. The molecule has 0 aliphatic heterocycles. The number of ether oxygens (including phenoxy) is 1. The van der Waals surface area contributed by atoms with Crippen molar-refractivity contribution >= 4 is 0 Å². The van der Waals surface area contributed by atoms with E-state index >= 15 is 0 Å². The lowest BCUT2D eigenvalue weighted by atomic mass is 10.2. The van der Waals surface area contributed by atoms with Gasteiger partial charge in [0.05, 0.1) is 20.7 Å². The van der Waals surface area contributed by atoms with Gasteiger partial charge in [-0.3, -0.25) is 0 Å². The van der Waals surface area contributed by atoms with Crippen LogP contribution >= 0.6 is 0 Å². The summed E-state index contributed by atoms with van der Waals surface area (Å²) in [6, 6.07) is 10.6. The molecule has 0 aromatic heterocycles. The van der Waals surface area contributed by atoms with Crippen LogP contribution in [0.15, 0.2) is 30.3 Å². The van der Waals surface area contributed by atoms with E-state index < -0.39 is 0 Å². The van der Waals surface area contributed by atoms with Crippen molar-refractivity contribution in [1.82, 2.24) is 0 Å². The zero-order valence-corrected chi connectivity index (χ0v) is 11.9. The van der Waals surface area contributed by atoms with Crippen molar-refractivity contribution in [2.45, 2.75) is 26.3 Å². The molecule has 17 heavy (non-hydrogen) atoms. The molecule has 0 atom stereocenters. The molecule has 0 bridgehead atoms. The Morgan fingerprint density at radius 1 is 1.12 bits per heavy atom. The Kier molecular flexibility index (Phi) is 8.23. The Morgan fingerprint density at radius 2 is 1.76 bits per heavy atom. The van der Waals surface area contributed by atoms with Crippen molar-refractivity contribution in [3.05, 3.63) is 35.9 Å². The second-order valence-corrected chi connectivity index (χ2v) is 4.97. The van der Waals surface area contributed by atoms with Gasteiger partial charge >= 0.3 is 0 Å². The van der Waals surface area contributed by atoms with E-state index in [2.05, 4.69) is 51.4 Å². The normalized spacial score (nSPS) is 11.0. The van der Waals surface area contributed by atoms with Crippen LogP contribution in [0.5, 0.6) is 0 Å². The first kappa shape index (κ1) is 16.4. The lowest BCUT2D eigenvalue weighted by Crippen LogP contribution is -3.00. The van der Waals surface area contributed by atoms with E-state index in [0.717, 1.165) is 30.8 Å². The topological polar surface area (TPSA) is 9.23 Å². The van der Waals surface area contributed by atoms with Crippen molar-refractivity contribution in [3.63, 3.8) is 0 Å². The number of hydrogen-bond donors (Lipinski definition) is 0. The first-order chi connectivity index (χ1) is 7.64. The lowest BCUT2D eigenvalue weighted by molar-refractivity contribution is -0.922. The highest BCUT2D eigenvalue weighted by molar-refractivity contribution is 5.13.